The number of allylic oxidation sites excluding steroid dienone is 1. The normalized spacial score (nSPS) is 28.2. The highest BCUT2D eigenvalue weighted by Crippen LogP contribution is 2.67. The number of fused-ring (bicyclic) bond motifs is 2. The Labute approximate surface area is 217 Å². The van der Waals surface area contributed by atoms with E-state index in [-0.39, 0.29) is 17.5 Å². The summed E-state index contributed by atoms with van der Waals surface area (Å²) in [6.07, 6.45) is 4.37. The van der Waals surface area contributed by atoms with Crippen molar-refractivity contribution in [2.24, 2.45) is 5.41 Å². The molecule has 2 spiro atoms. The van der Waals surface area contributed by atoms with Crippen LogP contribution in [0, 0.1) is 5.41 Å². The number of nitrogens with zero attached hydrogens (tertiary/aromatic N) is 1. The molecule has 3 aliphatic rings. The third-order valence-electron chi connectivity index (χ3n) is 9.19. The van der Waals surface area contributed by atoms with Crippen LogP contribution in [0.1, 0.15) is 52.2 Å². The summed E-state index contributed by atoms with van der Waals surface area (Å²) in [7, 11) is 2.05. The molecule has 2 aliphatic carbocycles. The van der Waals surface area contributed by atoms with Crippen molar-refractivity contribution in [1.82, 2.24) is 4.90 Å². The molecule has 0 N–H and O–H groups in total. The van der Waals surface area contributed by atoms with Crippen LogP contribution in [-0.4, -0.2) is 30.1 Å². The molecule has 1 heterocycles. The van der Waals surface area contributed by atoms with E-state index in [1.54, 1.807) is 0 Å². The van der Waals surface area contributed by atoms with Crippen LogP contribution in [0.15, 0.2) is 103 Å². The maximum Gasteiger partial charge on any atom is 0.189 e. The fourth-order valence-electron chi connectivity index (χ4n) is 7.84. The van der Waals surface area contributed by atoms with Gasteiger partial charge in [0.1, 0.15) is 5.54 Å². The average Bonchev–Trinajstić information content (AvgIpc) is 3.35. The molecule has 2 fully saturated rings. The summed E-state index contributed by atoms with van der Waals surface area (Å²) in [6, 6.07) is 32.7. The van der Waals surface area contributed by atoms with E-state index in [1.807, 2.05) is 66.7 Å². The lowest BCUT2D eigenvalue weighted by Gasteiger charge is -2.49. The molecule has 4 aromatic carbocycles. The largest absolute Gasteiger partial charge is 0.294 e. The van der Waals surface area contributed by atoms with Gasteiger partial charge in [0.05, 0.1) is 5.41 Å². The van der Waals surface area contributed by atoms with Crippen molar-refractivity contribution >= 4 is 28.4 Å². The van der Waals surface area contributed by atoms with Crippen molar-refractivity contribution in [3.8, 4) is 0 Å². The van der Waals surface area contributed by atoms with E-state index in [0.717, 1.165) is 51.4 Å². The number of carbonyl (C=O) groups excluding carboxylic acids is 2. The number of likely N-dealkylation sites (N-methyl/N-ethyl adjacent to an activating group) is 1. The molecule has 0 bridgehead atoms. The van der Waals surface area contributed by atoms with Crippen molar-refractivity contribution in [2.75, 3.05) is 13.6 Å². The van der Waals surface area contributed by atoms with Gasteiger partial charge in [-0.05, 0) is 65.4 Å². The van der Waals surface area contributed by atoms with E-state index < -0.39 is 11.0 Å². The Morgan fingerprint density at radius 1 is 0.811 bits per heavy atom. The molecule has 1 aliphatic heterocycles. The predicted molar refractivity (Wildman–Crippen MR) is 147 cm³/mol. The third-order valence-corrected chi connectivity index (χ3v) is 9.19. The molecule has 0 aromatic heterocycles. The number of likely N-dealkylation sites (tertiary alicyclic amines) is 1. The molecule has 3 nitrogen and oxygen atoms in total. The molecular formula is C34H29NO2. The molecule has 4 aromatic rings. The second kappa shape index (κ2) is 8.09. The van der Waals surface area contributed by atoms with Crippen LogP contribution in [-0.2, 0) is 10.3 Å². The number of hydrogen-bond acceptors (Lipinski definition) is 3. The Kier molecular flexibility index (Phi) is 4.90. The van der Waals surface area contributed by atoms with E-state index in [0.29, 0.717) is 13.0 Å². The number of rotatable bonds is 2. The summed E-state index contributed by atoms with van der Waals surface area (Å²) < 4.78 is 0. The summed E-state index contributed by atoms with van der Waals surface area (Å²) in [6.45, 7) is 0.657. The summed E-state index contributed by atoms with van der Waals surface area (Å²) >= 11 is 0. The molecule has 3 atom stereocenters. The quantitative estimate of drug-likeness (QED) is 0.295. The Hall–Kier alpha value is -3.82. The van der Waals surface area contributed by atoms with E-state index in [2.05, 4.69) is 48.4 Å². The van der Waals surface area contributed by atoms with Crippen molar-refractivity contribution in [3.63, 3.8) is 0 Å². The first-order valence-corrected chi connectivity index (χ1v) is 13.2. The van der Waals surface area contributed by atoms with Gasteiger partial charge in [-0.3, -0.25) is 14.5 Å². The minimum Gasteiger partial charge on any atom is -0.294 e. The van der Waals surface area contributed by atoms with Gasteiger partial charge in [0, 0.05) is 18.0 Å². The maximum absolute atomic E-state index is 15.0. The molecule has 3 heteroatoms. The van der Waals surface area contributed by atoms with E-state index >= 15 is 4.79 Å². The first-order valence-electron chi connectivity index (χ1n) is 13.2. The highest BCUT2D eigenvalue weighted by Gasteiger charge is 2.73. The van der Waals surface area contributed by atoms with Crippen LogP contribution >= 0.6 is 0 Å². The van der Waals surface area contributed by atoms with Crippen LogP contribution in [0.4, 0.5) is 0 Å². The van der Waals surface area contributed by atoms with Crippen molar-refractivity contribution in [2.45, 2.75) is 30.7 Å². The Bertz CT molecular complexity index is 1580. The monoisotopic (exact) mass is 483 g/mol. The summed E-state index contributed by atoms with van der Waals surface area (Å²) in [5, 5.41) is 2.08. The third kappa shape index (κ3) is 2.81. The molecule has 1 saturated heterocycles. The fraction of sp³-hybridized carbons (Fsp3) is 0.235. The van der Waals surface area contributed by atoms with Gasteiger partial charge in [-0.2, -0.15) is 0 Å². The minimum atomic E-state index is -1.02. The van der Waals surface area contributed by atoms with Gasteiger partial charge in [0.25, 0.3) is 0 Å². The second-order valence-electron chi connectivity index (χ2n) is 10.8. The van der Waals surface area contributed by atoms with Gasteiger partial charge in [0.15, 0.2) is 11.6 Å². The highest BCUT2D eigenvalue weighted by atomic mass is 16.1. The first-order chi connectivity index (χ1) is 18.1. The summed E-state index contributed by atoms with van der Waals surface area (Å²) in [5.41, 5.74) is 2.85. The van der Waals surface area contributed by atoms with Gasteiger partial charge in [-0.25, -0.2) is 0 Å². The number of benzene rings is 4. The SMILES string of the molecule is CN1C[C@H](c2ccccc2)[C@]2(CCC/C(=C\c3ccccc3)C2=O)[C@]12C(=O)c1cccc3cccc2c13. The van der Waals surface area contributed by atoms with E-state index in [4.69, 9.17) is 0 Å². The van der Waals surface area contributed by atoms with E-state index in [9.17, 15) is 4.79 Å². The molecule has 182 valence electrons. The molecule has 0 amide bonds. The van der Waals surface area contributed by atoms with Gasteiger partial charge >= 0.3 is 0 Å². The first kappa shape index (κ1) is 22.4. The van der Waals surface area contributed by atoms with Gasteiger partial charge < -0.3 is 0 Å². The van der Waals surface area contributed by atoms with Crippen LogP contribution < -0.4 is 0 Å². The molecule has 7 rings (SSSR count). The van der Waals surface area contributed by atoms with Crippen molar-refractivity contribution < 1.29 is 9.59 Å². The zero-order valence-electron chi connectivity index (χ0n) is 21.0. The lowest BCUT2D eigenvalue weighted by molar-refractivity contribution is -0.132. The molecule has 1 saturated carbocycles. The van der Waals surface area contributed by atoms with Gasteiger partial charge in [0.2, 0.25) is 0 Å². The lowest BCUT2D eigenvalue weighted by Crippen LogP contribution is -2.59. The Balaban J connectivity index is 1.53. The Morgan fingerprint density at radius 3 is 2.27 bits per heavy atom. The molecular weight excluding hydrogens is 454 g/mol. The maximum atomic E-state index is 15.0. The zero-order chi connectivity index (χ0) is 25.2. The summed E-state index contributed by atoms with van der Waals surface area (Å²) in [4.78, 5) is 32.0. The second-order valence-corrected chi connectivity index (χ2v) is 10.8. The van der Waals surface area contributed by atoms with E-state index in [1.165, 1.54) is 0 Å². The molecule has 0 radical (unpaired) electrons. The topological polar surface area (TPSA) is 37.4 Å². The standard InChI is InChI=1S/C34H29NO2/c1-35-22-29(24-13-6-3-7-14-24)33(20-10-17-26(31(33)36)21-23-11-4-2-5-12-23)34(35)28-19-9-16-25-15-8-18-27(30(25)28)32(34)37/h2-9,11-16,18-19,21,29H,10,17,20,22H2,1H3/b26-21+/t29-,33+,34+/m1/s1. The van der Waals surface area contributed by atoms with Crippen LogP contribution in [0.3, 0.4) is 0 Å². The number of carbonyl (C=O) groups is 2. The number of ketones is 2. The zero-order valence-corrected chi connectivity index (χ0v) is 21.0. The fourth-order valence-corrected chi connectivity index (χ4v) is 7.84. The smallest absolute Gasteiger partial charge is 0.189 e. The molecule has 0 unspecified atom stereocenters. The Morgan fingerprint density at radius 2 is 1.51 bits per heavy atom. The van der Waals surface area contributed by atoms with Gasteiger partial charge in [-0.15, -0.1) is 0 Å². The predicted octanol–water partition coefficient (Wildman–Crippen LogP) is 6.78. The molecule has 37 heavy (non-hydrogen) atoms. The van der Waals surface area contributed by atoms with Crippen LogP contribution in [0.25, 0.3) is 16.8 Å². The minimum absolute atomic E-state index is 0.0783. The van der Waals surface area contributed by atoms with Crippen molar-refractivity contribution in [3.05, 3.63) is 125 Å². The van der Waals surface area contributed by atoms with Crippen molar-refractivity contribution in [1.29, 1.82) is 0 Å². The van der Waals surface area contributed by atoms with Gasteiger partial charge in [-0.1, -0.05) is 97.1 Å². The summed E-state index contributed by atoms with van der Waals surface area (Å²) in [5.74, 6) is 0.132. The number of Topliss-reactive ketones (excluding diaryl/α,β-unsaturated/α-hetero) is 2. The highest BCUT2D eigenvalue weighted by molar-refractivity contribution is 6.24. The van der Waals surface area contributed by atoms with Crippen LogP contribution in [0.2, 0.25) is 0 Å². The average molecular weight is 484 g/mol. The number of hydrogen-bond donors (Lipinski definition) is 0. The lowest BCUT2D eigenvalue weighted by atomic mass is 9.53. The van der Waals surface area contributed by atoms with Crippen LogP contribution in [0.5, 0.6) is 0 Å².